The Morgan fingerprint density at radius 3 is 2.45 bits per heavy atom. The van der Waals surface area contributed by atoms with E-state index in [0.717, 1.165) is 27.7 Å². The maximum Gasteiger partial charge on any atom is 0.405 e. The van der Waals surface area contributed by atoms with Gasteiger partial charge in [0.1, 0.15) is 17.6 Å². The van der Waals surface area contributed by atoms with Crippen molar-refractivity contribution in [1.82, 2.24) is 30.5 Å². The summed E-state index contributed by atoms with van der Waals surface area (Å²) in [5.74, 6) is -0.711. The first-order valence-electron chi connectivity index (χ1n) is 13.3. The summed E-state index contributed by atoms with van der Waals surface area (Å²) in [6, 6.07) is 23.4. The third-order valence-electron chi connectivity index (χ3n) is 7.46. The number of benzene rings is 3. The Kier molecular flexibility index (Phi) is 8.04. The van der Waals surface area contributed by atoms with Crippen LogP contribution in [0.3, 0.4) is 0 Å². The second-order valence-corrected chi connectivity index (χ2v) is 10.1. The van der Waals surface area contributed by atoms with Crippen LogP contribution in [0.5, 0.6) is 0 Å². The predicted octanol–water partition coefficient (Wildman–Crippen LogP) is 3.24. The summed E-state index contributed by atoms with van der Waals surface area (Å²) < 4.78 is 1.68. The Labute approximate surface area is 232 Å². The number of aromatic nitrogens is 3. The highest BCUT2D eigenvalue weighted by Crippen LogP contribution is 2.33. The smallest absolute Gasteiger partial charge is 0.405 e. The Balaban J connectivity index is 1.34. The lowest BCUT2D eigenvalue weighted by Crippen LogP contribution is -2.53. The van der Waals surface area contributed by atoms with Gasteiger partial charge in [-0.1, -0.05) is 71.9 Å². The molecule has 1 aliphatic rings. The summed E-state index contributed by atoms with van der Waals surface area (Å²) in [6.45, 7) is 0.598. The lowest BCUT2D eigenvalue weighted by molar-refractivity contribution is -0.140. The molecule has 1 fully saturated rings. The molecule has 4 aromatic rings. The summed E-state index contributed by atoms with van der Waals surface area (Å²) in [5.41, 5.74) is 4.53. The fourth-order valence-corrected chi connectivity index (χ4v) is 5.36. The van der Waals surface area contributed by atoms with Crippen LogP contribution in [0.4, 0.5) is 4.79 Å². The number of hydrogen-bond acceptors (Lipinski definition) is 5. The quantitative estimate of drug-likeness (QED) is 0.299. The summed E-state index contributed by atoms with van der Waals surface area (Å²) in [6.07, 6.45) is -0.0161. The number of hydrogen-bond donors (Lipinski definition) is 3. The number of carboxylic acid groups (broad SMARTS) is 1. The maximum absolute atomic E-state index is 13.8. The van der Waals surface area contributed by atoms with Crippen molar-refractivity contribution in [3.05, 3.63) is 95.6 Å². The van der Waals surface area contributed by atoms with Crippen molar-refractivity contribution in [1.29, 1.82) is 0 Å². The topological polar surface area (TPSA) is 129 Å². The number of aryl methyl sites for hydroxylation is 2. The molecule has 10 nitrogen and oxygen atoms in total. The highest BCUT2D eigenvalue weighted by atomic mass is 16.4. The van der Waals surface area contributed by atoms with E-state index >= 15 is 0 Å². The van der Waals surface area contributed by atoms with Gasteiger partial charge in [-0.15, -0.1) is 5.10 Å². The van der Waals surface area contributed by atoms with Crippen molar-refractivity contribution in [2.75, 3.05) is 6.54 Å². The minimum Gasteiger partial charge on any atom is -0.465 e. The first-order valence-corrected chi connectivity index (χ1v) is 13.3. The third kappa shape index (κ3) is 6.12. The first-order chi connectivity index (χ1) is 19.4. The number of nitrogens with one attached hydrogen (secondary N) is 2. The van der Waals surface area contributed by atoms with Crippen LogP contribution in [0.15, 0.2) is 78.9 Å². The molecule has 3 amide bonds. The van der Waals surface area contributed by atoms with Crippen molar-refractivity contribution in [3.8, 4) is 0 Å². The van der Waals surface area contributed by atoms with Gasteiger partial charge >= 0.3 is 6.09 Å². The first kappa shape index (κ1) is 26.9. The van der Waals surface area contributed by atoms with Gasteiger partial charge in [0.05, 0.1) is 5.52 Å². The van der Waals surface area contributed by atoms with E-state index in [1.165, 1.54) is 0 Å². The standard InChI is InChI=1S/C30H32N6O4/c1-35-26-15-13-21(16-25(26)33-34-35)18-31-28(37)27-17-23(22-10-6-3-7-11-22)19-36(27)29(38)24(32-30(39)40)14-12-20-8-4-2-5-9-20/h2-11,13,15-16,23-24,27,32H,12,14,17-19H2,1H3,(H,31,37)(H,39,40)/t23-,24?,27+/m1/s1. The highest BCUT2D eigenvalue weighted by molar-refractivity contribution is 5.92. The van der Waals surface area contributed by atoms with Crippen LogP contribution in [-0.2, 0) is 29.6 Å². The van der Waals surface area contributed by atoms with Crippen LogP contribution >= 0.6 is 0 Å². The van der Waals surface area contributed by atoms with Crippen molar-refractivity contribution in [2.45, 2.75) is 43.8 Å². The van der Waals surface area contributed by atoms with Gasteiger partial charge in [-0.3, -0.25) is 9.59 Å². The van der Waals surface area contributed by atoms with Gasteiger partial charge in [-0.2, -0.15) is 0 Å². The predicted molar refractivity (Wildman–Crippen MR) is 149 cm³/mol. The lowest BCUT2D eigenvalue weighted by atomic mass is 9.96. The Bertz CT molecular complexity index is 1490. The zero-order valence-corrected chi connectivity index (χ0v) is 22.2. The van der Waals surface area contributed by atoms with Gasteiger partial charge in [0.25, 0.3) is 0 Å². The molecule has 10 heteroatoms. The molecule has 0 radical (unpaired) electrons. The minimum atomic E-state index is -1.27. The average Bonchev–Trinajstić information content (AvgIpc) is 3.58. The second-order valence-electron chi connectivity index (χ2n) is 10.1. The van der Waals surface area contributed by atoms with E-state index in [4.69, 9.17) is 0 Å². The summed E-state index contributed by atoms with van der Waals surface area (Å²) in [4.78, 5) is 40.5. The van der Waals surface area contributed by atoms with E-state index in [1.807, 2.05) is 85.9 Å². The monoisotopic (exact) mass is 540 g/mol. The fraction of sp³-hybridized carbons (Fsp3) is 0.300. The van der Waals surface area contributed by atoms with E-state index in [0.29, 0.717) is 19.4 Å². The number of nitrogens with zero attached hydrogens (tertiary/aromatic N) is 4. The van der Waals surface area contributed by atoms with Crippen LogP contribution in [-0.4, -0.2) is 61.5 Å². The Hall–Kier alpha value is -4.73. The number of rotatable bonds is 9. The third-order valence-corrected chi connectivity index (χ3v) is 7.46. The molecule has 1 aliphatic heterocycles. The molecule has 1 saturated heterocycles. The largest absolute Gasteiger partial charge is 0.465 e. The molecule has 0 bridgehead atoms. The second kappa shape index (κ2) is 12.0. The fourth-order valence-electron chi connectivity index (χ4n) is 5.36. The molecule has 2 heterocycles. The molecule has 0 saturated carbocycles. The molecule has 0 aliphatic carbocycles. The van der Waals surface area contributed by atoms with Crippen molar-refractivity contribution < 1.29 is 19.5 Å². The van der Waals surface area contributed by atoms with Crippen LogP contribution in [0.25, 0.3) is 11.0 Å². The number of carbonyl (C=O) groups is 3. The van der Waals surface area contributed by atoms with Gasteiger partial charge in [-0.05, 0) is 48.1 Å². The molecular formula is C30H32N6O4. The summed E-state index contributed by atoms with van der Waals surface area (Å²) >= 11 is 0. The van der Waals surface area contributed by atoms with E-state index in [2.05, 4.69) is 20.9 Å². The number of carbonyl (C=O) groups excluding carboxylic acids is 2. The van der Waals surface area contributed by atoms with Crippen molar-refractivity contribution in [2.24, 2.45) is 7.05 Å². The minimum absolute atomic E-state index is 0.0450. The van der Waals surface area contributed by atoms with Crippen molar-refractivity contribution >= 4 is 28.9 Å². The van der Waals surface area contributed by atoms with Crippen LogP contribution in [0.1, 0.15) is 35.4 Å². The summed E-state index contributed by atoms with van der Waals surface area (Å²) in [5, 5.41) is 23.0. The number of fused-ring (bicyclic) bond motifs is 1. The molecule has 3 atom stereocenters. The van der Waals surface area contributed by atoms with Gasteiger partial charge in [-0.25, -0.2) is 9.48 Å². The molecule has 1 unspecified atom stereocenters. The molecule has 40 heavy (non-hydrogen) atoms. The van der Waals surface area contributed by atoms with Gasteiger partial charge in [0.2, 0.25) is 11.8 Å². The zero-order valence-electron chi connectivity index (χ0n) is 22.2. The number of amides is 3. The van der Waals surface area contributed by atoms with Gasteiger partial charge in [0.15, 0.2) is 0 Å². The van der Waals surface area contributed by atoms with Gasteiger partial charge < -0.3 is 20.6 Å². The Morgan fingerprint density at radius 2 is 1.73 bits per heavy atom. The lowest BCUT2D eigenvalue weighted by Gasteiger charge is -2.28. The molecule has 0 spiro atoms. The SMILES string of the molecule is Cn1nnc2cc(CNC(=O)[C@@H]3C[C@@H](c4ccccc4)CN3C(=O)C(CCc3ccccc3)NC(=O)O)ccc21. The van der Waals surface area contributed by atoms with E-state index in [9.17, 15) is 19.5 Å². The highest BCUT2D eigenvalue weighted by Gasteiger charge is 2.42. The molecule has 3 N–H and O–H groups in total. The molecule has 3 aromatic carbocycles. The van der Waals surface area contributed by atoms with Gasteiger partial charge in [0, 0.05) is 26.1 Å². The average molecular weight is 541 g/mol. The van der Waals surface area contributed by atoms with Crippen LogP contribution in [0, 0.1) is 0 Å². The molecule has 5 rings (SSSR count). The zero-order chi connectivity index (χ0) is 28.1. The normalized spacial score (nSPS) is 17.5. The van der Waals surface area contributed by atoms with Crippen LogP contribution < -0.4 is 10.6 Å². The van der Waals surface area contributed by atoms with E-state index < -0.39 is 24.1 Å². The van der Waals surface area contributed by atoms with E-state index in [1.54, 1.807) is 9.58 Å². The molecule has 1 aromatic heterocycles. The van der Waals surface area contributed by atoms with Crippen LogP contribution in [0.2, 0.25) is 0 Å². The molecular weight excluding hydrogens is 508 g/mol. The van der Waals surface area contributed by atoms with Crippen molar-refractivity contribution in [3.63, 3.8) is 0 Å². The maximum atomic E-state index is 13.8. The number of likely N-dealkylation sites (tertiary alicyclic amines) is 1. The summed E-state index contributed by atoms with van der Waals surface area (Å²) in [7, 11) is 1.82. The van der Waals surface area contributed by atoms with E-state index in [-0.39, 0.29) is 24.8 Å². The molecule has 206 valence electrons. The Morgan fingerprint density at radius 1 is 1.00 bits per heavy atom.